The minimum atomic E-state index is -3.78. The van der Waals surface area contributed by atoms with E-state index in [9.17, 15) is 26.4 Å². The Hall–Kier alpha value is -4.24. The first kappa shape index (κ1) is 64.9. The van der Waals surface area contributed by atoms with Crippen LogP contribution in [0.3, 0.4) is 0 Å². The number of hydrogen-bond donors (Lipinski definition) is 4. The van der Waals surface area contributed by atoms with E-state index in [1.54, 1.807) is 36.4 Å². The number of ether oxygens (including phenoxy) is 6. The maximum Gasteiger partial charge on any atom is 0.314 e. The summed E-state index contributed by atoms with van der Waals surface area (Å²) in [6.45, 7) is 3.52. The molecule has 4 N–H and O–H groups in total. The Morgan fingerprint density at radius 1 is 0.487 bits per heavy atom. The highest BCUT2D eigenvalue weighted by molar-refractivity contribution is 7.89. The fourth-order valence-electron chi connectivity index (χ4n) is 8.98. The average Bonchev–Trinajstić information content (AvgIpc) is 4.15. The third-order valence-electron chi connectivity index (χ3n) is 13.5. The van der Waals surface area contributed by atoms with Crippen molar-refractivity contribution >= 4 is 78.5 Å². The molecule has 0 aromatic heterocycles. The number of benzene rings is 4. The standard InChI is InChI=1S/C54H74Cl4N8O12S2/c1-63(2)49-35-43-45(31-37(55)33-47(43)57)51(49)77-39-9-13-41(14-10-39)79(69,70)65(5)21-25-75-29-27-73-23-19-61-53(67)59-17-7-8-18-60-54(68)62-20-24-74-28-30-76-26-22-66(6)80(71,72)42-15-11-40(12-16-42)78-52-46-32-38(56)34-48(58)44(46)36-50(52)64(3)4/h9-16,31-34,49-52H,7-8,17-30,35-36H2,1-6H3,(H2,59,61,67)(H2,60,62,68)/t49-,50-,51-,52-/m0/s1. The van der Waals surface area contributed by atoms with Crippen LogP contribution in [0.5, 0.6) is 11.5 Å². The average molecular weight is 1230 g/mol. The Bertz CT molecular complexity index is 2690. The molecule has 2 aliphatic rings. The molecule has 0 saturated carbocycles. The molecule has 0 fully saturated rings. The van der Waals surface area contributed by atoms with Gasteiger partial charge in [-0.25, -0.2) is 26.4 Å². The molecular weight excluding hydrogens is 1160 g/mol. The van der Waals surface area contributed by atoms with Gasteiger partial charge in [-0.1, -0.05) is 46.4 Å². The van der Waals surface area contributed by atoms with Crippen molar-refractivity contribution < 1.29 is 54.8 Å². The maximum atomic E-state index is 13.3. The molecule has 0 bridgehead atoms. The molecule has 4 aromatic rings. The topological polar surface area (TPSA) is 219 Å². The number of hydrogen-bond acceptors (Lipinski definition) is 14. The number of nitrogens with zero attached hydrogens (tertiary/aromatic N) is 4. The SMILES string of the molecule is CN(C)[C@H]1Cc2c(Cl)cc(Cl)cc2[C@@H]1Oc1ccc(S(=O)(=O)N(C)CCOCCOCCNC(=O)NCCCCNC(=O)NCCOCCOCCN(C)S(=O)(=O)c2ccc(O[C@H]3c4cc(Cl)cc(Cl)c4C[C@@H]3N(C)C)cc2)cc1. The van der Waals surface area contributed by atoms with Crippen molar-refractivity contribution in [2.75, 3.05) is 134 Å². The summed E-state index contributed by atoms with van der Waals surface area (Å²) in [5.41, 5.74) is 3.81. The van der Waals surface area contributed by atoms with Gasteiger partial charge in [-0.3, -0.25) is 0 Å². The van der Waals surface area contributed by atoms with Crippen LogP contribution in [0.2, 0.25) is 20.1 Å². The zero-order valence-electron chi connectivity index (χ0n) is 46.0. The van der Waals surface area contributed by atoms with Crippen LogP contribution >= 0.6 is 46.4 Å². The van der Waals surface area contributed by atoms with E-state index in [2.05, 4.69) is 31.1 Å². The van der Waals surface area contributed by atoms with Crippen LogP contribution in [0.25, 0.3) is 0 Å². The lowest BCUT2D eigenvalue weighted by molar-refractivity contribution is 0.0471. The highest BCUT2D eigenvalue weighted by atomic mass is 35.5. The van der Waals surface area contributed by atoms with E-state index in [1.807, 2.05) is 40.3 Å². The zero-order chi connectivity index (χ0) is 58.0. The van der Waals surface area contributed by atoms with E-state index in [0.29, 0.717) is 70.4 Å². The third-order valence-corrected chi connectivity index (χ3v) is 18.4. The largest absolute Gasteiger partial charge is 0.484 e. The lowest BCUT2D eigenvalue weighted by Crippen LogP contribution is -2.39. The number of likely N-dealkylation sites (N-methyl/N-ethyl adjacent to an activating group) is 4. The van der Waals surface area contributed by atoms with Gasteiger partial charge in [0, 0.05) is 84.6 Å². The van der Waals surface area contributed by atoms with Gasteiger partial charge >= 0.3 is 12.1 Å². The Balaban J connectivity index is 0.711. The van der Waals surface area contributed by atoms with Crippen LogP contribution in [-0.4, -0.2) is 194 Å². The number of halogens is 4. The molecule has 4 aromatic carbocycles. The van der Waals surface area contributed by atoms with E-state index in [1.165, 1.54) is 47.0 Å². The van der Waals surface area contributed by atoms with Crippen molar-refractivity contribution in [2.24, 2.45) is 0 Å². The zero-order valence-corrected chi connectivity index (χ0v) is 50.6. The van der Waals surface area contributed by atoms with Gasteiger partial charge in [0.05, 0.1) is 74.7 Å². The quantitative estimate of drug-likeness (QED) is 0.0357. The highest BCUT2D eigenvalue weighted by Gasteiger charge is 2.39. The molecule has 442 valence electrons. The van der Waals surface area contributed by atoms with Gasteiger partial charge in [0.25, 0.3) is 0 Å². The second kappa shape index (κ2) is 31.4. The fraction of sp³-hybridized carbons (Fsp3) is 0.519. The molecule has 0 saturated heterocycles. The minimum Gasteiger partial charge on any atom is -0.484 e. The van der Waals surface area contributed by atoms with Crippen LogP contribution in [0.1, 0.15) is 47.3 Å². The number of carbonyl (C=O) groups is 2. The molecule has 20 nitrogen and oxygen atoms in total. The minimum absolute atomic E-state index is 0.0173. The fourth-order valence-corrected chi connectivity index (χ4v) is 12.5. The predicted octanol–water partition coefficient (Wildman–Crippen LogP) is 6.90. The monoisotopic (exact) mass is 1230 g/mol. The molecule has 4 atom stereocenters. The van der Waals surface area contributed by atoms with E-state index >= 15 is 0 Å². The summed E-state index contributed by atoms with van der Waals surface area (Å²) >= 11 is 25.6. The molecule has 0 spiro atoms. The first-order valence-electron chi connectivity index (χ1n) is 26.3. The molecule has 0 unspecified atom stereocenters. The summed E-state index contributed by atoms with van der Waals surface area (Å²) < 4.78 is 90.5. The van der Waals surface area contributed by atoms with Crippen molar-refractivity contribution in [1.82, 2.24) is 39.7 Å². The Labute approximate surface area is 491 Å². The number of rotatable bonds is 33. The van der Waals surface area contributed by atoms with Crippen molar-refractivity contribution in [1.29, 1.82) is 0 Å². The smallest absolute Gasteiger partial charge is 0.314 e. The number of amides is 4. The van der Waals surface area contributed by atoms with Gasteiger partial charge in [0.15, 0.2) is 0 Å². The molecule has 4 amide bonds. The molecule has 80 heavy (non-hydrogen) atoms. The van der Waals surface area contributed by atoms with E-state index in [0.717, 1.165) is 22.3 Å². The highest BCUT2D eigenvalue weighted by Crippen LogP contribution is 2.44. The van der Waals surface area contributed by atoms with Gasteiger partial charge in [0.1, 0.15) is 23.7 Å². The van der Waals surface area contributed by atoms with Gasteiger partial charge in [-0.05, 0) is 138 Å². The van der Waals surface area contributed by atoms with Crippen LogP contribution in [-0.2, 0) is 51.8 Å². The third kappa shape index (κ3) is 18.6. The van der Waals surface area contributed by atoms with Gasteiger partial charge in [-0.15, -0.1) is 0 Å². The van der Waals surface area contributed by atoms with Gasteiger partial charge in [0.2, 0.25) is 20.0 Å². The lowest BCUT2D eigenvalue weighted by Gasteiger charge is -2.27. The first-order valence-corrected chi connectivity index (χ1v) is 30.7. The maximum absolute atomic E-state index is 13.3. The number of carbonyl (C=O) groups excluding carboxylic acids is 2. The second-order valence-corrected chi connectivity index (χ2v) is 25.4. The van der Waals surface area contributed by atoms with Crippen LogP contribution < -0.4 is 30.7 Å². The van der Waals surface area contributed by atoms with Crippen molar-refractivity contribution in [3.63, 3.8) is 0 Å². The summed E-state index contributed by atoms with van der Waals surface area (Å²) in [5.74, 6) is 1.04. The normalized spacial score (nSPS) is 17.0. The summed E-state index contributed by atoms with van der Waals surface area (Å²) in [4.78, 5) is 28.7. The summed E-state index contributed by atoms with van der Waals surface area (Å²) in [6, 6.07) is 19.2. The molecule has 0 radical (unpaired) electrons. The predicted molar refractivity (Wildman–Crippen MR) is 310 cm³/mol. The lowest BCUT2D eigenvalue weighted by atomic mass is 10.1. The van der Waals surface area contributed by atoms with Crippen LogP contribution in [0.4, 0.5) is 9.59 Å². The van der Waals surface area contributed by atoms with Crippen LogP contribution in [0, 0.1) is 0 Å². The Morgan fingerprint density at radius 3 is 1.18 bits per heavy atom. The van der Waals surface area contributed by atoms with Crippen molar-refractivity contribution in [3.05, 3.63) is 115 Å². The van der Waals surface area contributed by atoms with Crippen molar-refractivity contribution in [3.8, 4) is 11.5 Å². The molecular formula is C54H74Cl4N8O12S2. The van der Waals surface area contributed by atoms with E-state index in [-0.39, 0.29) is 125 Å². The van der Waals surface area contributed by atoms with E-state index < -0.39 is 20.0 Å². The van der Waals surface area contributed by atoms with Crippen LogP contribution in [0.15, 0.2) is 82.6 Å². The molecule has 6 rings (SSSR count). The Morgan fingerprint density at radius 2 is 0.825 bits per heavy atom. The van der Waals surface area contributed by atoms with Crippen molar-refractivity contribution in [2.45, 2.75) is 59.8 Å². The summed E-state index contributed by atoms with van der Waals surface area (Å²) in [6.07, 6.45) is 2.02. The molecule has 0 heterocycles. The summed E-state index contributed by atoms with van der Waals surface area (Å²) in [5, 5.41) is 13.2. The summed E-state index contributed by atoms with van der Waals surface area (Å²) in [7, 11) is 3.32. The number of nitrogens with one attached hydrogen (secondary N) is 4. The number of urea groups is 2. The number of unbranched alkanes of at least 4 members (excludes halogenated alkanes) is 1. The molecule has 26 heteroatoms. The van der Waals surface area contributed by atoms with Gasteiger partial charge < -0.3 is 59.5 Å². The van der Waals surface area contributed by atoms with Gasteiger partial charge in [-0.2, -0.15) is 8.61 Å². The molecule has 0 aliphatic heterocycles. The molecule has 2 aliphatic carbocycles. The van der Waals surface area contributed by atoms with E-state index in [4.69, 9.17) is 74.8 Å². The Kier molecular flexibility index (Phi) is 25.5. The first-order chi connectivity index (χ1) is 38.2. The number of sulfonamides is 2. The second-order valence-electron chi connectivity index (χ2n) is 19.6. The number of fused-ring (bicyclic) bond motifs is 2.